The van der Waals surface area contributed by atoms with Crippen molar-refractivity contribution >= 4 is 5.96 Å². The van der Waals surface area contributed by atoms with Crippen LogP contribution in [0.3, 0.4) is 0 Å². The van der Waals surface area contributed by atoms with Crippen LogP contribution in [0.1, 0.15) is 39.2 Å². The molecule has 1 unspecified atom stereocenters. The van der Waals surface area contributed by atoms with Crippen molar-refractivity contribution in [3.05, 3.63) is 23.8 Å². The van der Waals surface area contributed by atoms with Gasteiger partial charge in [0.15, 0.2) is 5.96 Å². The highest BCUT2D eigenvalue weighted by atomic mass is 16.5. The van der Waals surface area contributed by atoms with E-state index in [1.54, 1.807) is 14.2 Å². The highest BCUT2D eigenvalue weighted by Gasteiger charge is 2.11. The molecule has 0 aliphatic heterocycles. The fourth-order valence-corrected chi connectivity index (χ4v) is 3.09. The van der Waals surface area contributed by atoms with Gasteiger partial charge in [-0.2, -0.15) is 0 Å². The number of nitrogens with zero attached hydrogens (tertiary/aromatic N) is 1. The molecule has 0 heterocycles. The lowest BCUT2D eigenvalue weighted by Crippen LogP contribution is -2.38. The predicted molar refractivity (Wildman–Crippen MR) is 112 cm³/mol. The van der Waals surface area contributed by atoms with Crippen molar-refractivity contribution < 1.29 is 14.6 Å². The summed E-state index contributed by atoms with van der Waals surface area (Å²) in [5, 5.41) is 16.0. The van der Waals surface area contributed by atoms with Gasteiger partial charge in [0.25, 0.3) is 0 Å². The lowest BCUT2D eigenvalue weighted by Gasteiger charge is -2.18. The number of methoxy groups -OCH3 is 2. The van der Waals surface area contributed by atoms with Crippen molar-refractivity contribution in [2.45, 2.75) is 40.0 Å². The number of hydrogen-bond acceptors (Lipinski definition) is 4. The molecule has 0 aromatic heterocycles. The van der Waals surface area contributed by atoms with Crippen molar-refractivity contribution in [1.82, 2.24) is 10.6 Å². The number of benzene rings is 1. The van der Waals surface area contributed by atoms with Crippen LogP contribution in [0.2, 0.25) is 0 Å². The van der Waals surface area contributed by atoms with Crippen molar-refractivity contribution in [2.24, 2.45) is 16.8 Å². The summed E-state index contributed by atoms with van der Waals surface area (Å²) >= 11 is 0. The molecule has 0 amide bonds. The zero-order valence-corrected chi connectivity index (χ0v) is 17.5. The topological polar surface area (TPSA) is 75.1 Å². The normalized spacial score (nSPS) is 12.8. The van der Waals surface area contributed by atoms with E-state index < -0.39 is 0 Å². The van der Waals surface area contributed by atoms with Gasteiger partial charge in [-0.05, 0) is 61.8 Å². The van der Waals surface area contributed by atoms with Crippen LogP contribution in [0, 0.1) is 11.8 Å². The van der Waals surface area contributed by atoms with Gasteiger partial charge in [-0.25, -0.2) is 0 Å². The molecule has 0 radical (unpaired) electrons. The van der Waals surface area contributed by atoms with Crippen molar-refractivity contribution in [3.8, 4) is 11.5 Å². The van der Waals surface area contributed by atoms with E-state index in [2.05, 4.69) is 31.4 Å². The molecule has 0 bridgehead atoms. The Bertz CT molecular complexity index is 562. The van der Waals surface area contributed by atoms with E-state index in [1.807, 2.05) is 18.2 Å². The molecule has 0 spiro atoms. The molecule has 154 valence electrons. The second-order valence-electron chi connectivity index (χ2n) is 7.08. The molecule has 1 atom stereocenters. The monoisotopic (exact) mass is 379 g/mol. The average Bonchev–Trinajstić information content (AvgIpc) is 2.65. The molecule has 0 saturated heterocycles. The largest absolute Gasteiger partial charge is 0.497 e. The number of rotatable bonds is 12. The molecule has 6 nitrogen and oxygen atoms in total. The number of aliphatic hydroxyl groups excluding tert-OH is 1. The van der Waals surface area contributed by atoms with E-state index in [9.17, 15) is 5.11 Å². The molecule has 0 aliphatic carbocycles. The van der Waals surface area contributed by atoms with E-state index in [-0.39, 0.29) is 6.61 Å². The minimum Gasteiger partial charge on any atom is -0.497 e. The summed E-state index contributed by atoms with van der Waals surface area (Å²) in [5.74, 6) is 3.51. The van der Waals surface area contributed by atoms with Crippen LogP contribution < -0.4 is 20.1 Å². The Morgan fingerprint density at radius 2 is 1.96 bits per heavy atom. The Hall–Kier alpha value is -1.95. The predicted octanol–water partition coefficient (Wildman–Crippen LogP) is 2.85. The summed E-state index contributed by atoms with van der Waals surface area (Å²) in [6, 6.07) is 5.83. The first-order chi connectivity index (χ1) is 13.0. The second kappa shape index (κ2) is 13.3. The summed E-state index contributed by atoms with van der Waals surface area (Å²) in [6.07, 6.45) is 2.67. The average molecular weight is 380 g/mol. The van der Waals surface area contributed by atoms with Crippen LogP contribution >= 0.6 is 0 Å². The summed E-state index contributed by atoms with van der Waals surface area (Å²) in [5.41, 5.74) is 1.10. The zero-order valence-electron chi connectivity index (χ0n) is 17.5. The van der Waals surface area contributed by atoms with E-state index in [4.69, 9.17) is 14.5 Å². The maximum Gasteiger partial charge on any atom is 0.191 e. The molecule has 0 saturated carbocycles. The minimum atomic E-state index is 0.215. The number of guanidine groups is 1. The third kappa shape index (κ3) is 9.00. The van der Waals surface area contributed by atoms with Gasteiger partial charge in [-0.1, -0.05) is 13.8 Å². The summed E-state index contributed by atoms with van der Waals surface area (Å²) in [6.45, 7) is 8.95. The Labute approximate surface area is 164 Å². The third-order valence-corrected chi connectivity index (χ3v) is 4.37. The minimum absolute atomic E-state index is 0.215. The van der Waals surface area contributed by atoms with Crippen molar-refractivity contribution in [2.75, 3.05) is 40.5 Å². The quantitative estimate of drug-likeness (QED) is 0.385. The van der Waals surface area contributed by atoms with Gasteiger partial charge < -0.3 is 25.2 Å². The van der Waals surface area contributed by atoms with Gasteiger partial charge in [0.05, 0.1) is 14.2 Å². The zero-order chi connectivity index (χ0) is 20.1. The first-order valence-electron chi connectivity index (χ1n) is 9.87. The summed E-state index contributed by atoms with van der Waals surface area (Å²) in [4.78, 5) is 4.72. The fourth-order valence-electron chi connectivity index (χ4n) is 3.09. The molecule has 1 rings (SSSR count). The number of hydrogen-bond donors (Lipinski definition) is 3. The fraction of sp³-hybridized carbons (Fsp3) is 0.667. The van der Waals surface area contributed by atoms with Gasteiger partial charge >= 0.3 is 0 Å². The Morgan fingerprint density at radius 1 is 1.19 bits per heavy atom. The number of nitrogens with one attached hydrogen (secondary N) is 2. The second-order valence-corrected chi connectivity index (χ2v) is 7.08. The van der Waals surface area contributed by atoms with Crippen LogP contribution in [0.15, 0.2) is 23.2 Å². The Kier molecular flexibility index (Phi) is 11.3. The molecule has 0 aliphatic rings. The summed E-state index contributed by atoms with van der Waals surface area (Å²) in [7, 11) is 3.35. The van der Waals surface area contributed by atoms with Crippen LogP contribution in [0.4, 0.5) is 0 Å². The number of ether oxygens (including phenoxy) is 2. The van der Waals surface area contributed by atoms with Gasteiger partial charge in [0.2, 0.25) is 0 Å². The SMILES string of the molecule is CCNC(=NCC(CCO)CC(C)C)NCCc1cc(OC)ccc1OC. The van der Waals surface area contributed by atoms with Crippen molar-refractivity contribution in [1.29, 1.82) is 0 Å². The maximum atomic E-state index is 9.28. The molecule has 6 heteroatoms. The Balaban J connectivity index is 2.66. The Morgan fingerprint density at radius 3 is 2.56 bits per heavy atom. The number of aliphatic imine (C=N–C) groups is 1. The molecule has 3 N–H and O–H groups in total. The van der Waals surface area contributed by atoms with Crippen LogP contribution in [-0.4, -0.2) is 51.5 Å². The standard InChI is InChI=1S/C21H37N3O3/c1-6-22-21(24-15-17(10-12-25)13-16(2)3)23-11-9-18-14-19(26-4)7-8-20(18)27-5/h7-8,14,16-17,25H,6,9-13,15H2,1-5H3,(H2,22,23,24). The molecular weight excluding hydrogens is 342 g/mol. The highest BCUT2D eigenvalue weighted by Crippen LogP contribution is 2.24. The number of aliphatic hydroxyl groups is 1. The van der Waals surface area contributed by atoms with Crippen LogP contribution in [0.5, 0.6) is 11.5 Å². The molecule has 0 fully saturated rings. The first-order valence-corrected chi connectivity index (χ1v) is 9.87. The van der Waals surface area contributed by atoms with Gasteiger partial charge in [-0.15, -0.1) is 0 Å². The maximum absolute atomic E-state index is 9.28. The first kappa shape index (κ1) is 23.1. The van der Waals surface area contributed by atoms with E-state index in [0.717, 1.165) is 61.9 Å². The molecule has 1 aromatic rings. The molecular formula is C21H37N3O3. The van der Waals surface area contributed by atoms with Gasteiger partial charge in [0, 0.05) is 26.2 Å². The van der Waals surface area contributed by atoms with Crippen LogP contribution in [-0.2, 0) is 6.42 Å². The smallest absolute Gasteiger partial charge is 0.191 e. The van der Waals surface area contributed by atoms with E-state index in [0.29, 0.717) is 11.8 Å². The van der Waals surface area contributed by atoms with Gasteiger partial charge in [0.1, 0.15) is 11.5 Å². The van der Waals surface area contributed by atoms with Crippen LogP contribution in [0.25, 0.3) is 0 Å². The molecule has 27 heavy (non-hydrogen) atoms. The van der Waals surface area contributed by atoms with E-state index >= 15 is 0 Å². The van der Waals surface area contributed by atoms with E-state index in [1.165, 1.54) is 0 Å². The van der Waals surface area contributed by atoms with Crippen molar-refractivity contribution in [3.63, 3.8) is 0 Å². The van der Waals surface area contributed by atoms with Gasteiger partial charge in [-0.3, -0.25) is 4.99 Å². The lowest BCUT2D eigenvalue weighted by molar-refractivity contribution is 0.245. The molecule has 1 aromatic carbocycles. The lowest BCUT2D eigenvalue weighted by atomic mass is 9.94. The highest BCUT2D eigenvalue weighted by molar-refractivity contribution is 5.79. The third-order valence-electron chi connectivity index (χ3n) is 4.37. The summed E-state index contributed by atoms with van der Waals surface area (Å²) < 4.78 is 10.7.